The minimum Gasteiger partial charge on any atom is -0.388 e. The van der Waals surface area contributed by atoms with Crippen LogP contribution < -0.4 is 16.0 Å². The van der Waals surface area contributed by atoms with Crippen molar-refractivity contribution in [3.05, 3.63) is 47.5 Å². The average molecular weight is 488 g/mol. The van der Waals surface area contributed by atoms with Crippen molar-refractivity contribution in [1.82, 2.24) is 16.0 Å². The predicted octanol–water partition coefficient (Wildman–Crippen LogP) is 2.98. The number of nitrogens with one attached hydrogen (secondary N) is 3. The maximum Gasteiger partial charge on any atom is 0.243 e. The lowest BCUT2D eigenvalue weighted by atomic mass is 9.76. The van der Waals surface area contributed by atoms with Crippen molar-refractivity contribution in [2.75, 3.05) is 20.2 Å². The zero-order valence-corrected chi connectivity index (χ0v) is 22.9. The van der Waals surface area contributed by atoms with Crippen LogP contribution in [-0.4, -0.2) is 55.0 Å². The summed E-state index contributed by atoms with van der Waals surface area (Å²) in [6.45, 7) is 15.2. The van der Waals surface area contributed by atoms with Crippen molar-refractivity contribution in [3.63, 3.8) is 0 Å². The molecule has 196 valence electrons. The summed E-state index contributed by atoms with van der Waals surface area (Å²) in [5, 5.41) is 18.2. The van der Waals surface area contributed by atoms with Crippen molar-refractivity contribution >= 4 is 17.6 Å². The number of aliphatic hydroxyl groups is 1. The van der Waals surface area contributed by atoms with Gasteiger partial charge in [-0.3, -0.25) is 14.4 Å². The van der Waals surface area contributed by atoms with Gasteiger partial charge in [-0.1, -0.05) is 84.9 Å². The molecule has 1 aromatic carbocycles. The van der Waals surface area contributed by atoms with Crippen LogP contribution in [0.2, 0.25) is 0 Å². The molecule has 0 radical (unpaired) electrons. The van der Waals surface area contributed by atoms with Gasteiger partial charge in [0.05, 0.1) is 6.04 Å². The van der Waals surface area contributed by atoms with Gasteiger partial charge in [0.25, 0.3) is 0 Å². The number of benzene rings is 1. The van der Waals surface area contributed by atoms with Crippen molar-refractivity contribution < 1.29 is 19.5 Å². The Labute approximate surface area is 211 Å². The summed E-state index contributed by atoms with van der Waals surface area (Å²) in [7, 11) is 1.75. The highest BCUT2D eigenvalue weighted by Gasteiger charge is 2.40. The van der Waals surface area contributed by atoms with E-state index in [-0.39, 0.29) is 29.4 Å². The summed E-state index contributed by atoms with van der Waals surface area (Å²) in [5.74, 6) is -0.780. The number of carbonyl (C=O) groups excluding carboxylic acids is 3. The molecule has 0 heterocycles. The van der Waals surface area contributed by atoms with Crippen LogP contribution in [0.25, 0.3) is 0 Å². The van der Waals surface area contributed by atoms with Crippen LogP contribution in [0.4, 0.5) is 0 Å². The summed E-state index contributed by atoms with van der Waals surface area (Å²) in [4.78, 5) is 38.5. The van der Waals surface area contributed by atoms with E-state index in [1.807, 2.05) is 78.8 Å². The third-order valence-electron chi connectivity index (χ3n) is 6.62. The molecule has 1 aromatic rings. The van der Waals surface area contributed by atoms with Gasteiger partial charge < -0.3 is 21.1 Å². The summed E-state index contributed by atoms with van der Waals surface area (Å²) in [6.07, 6.45) is 1.80. The molecule has 2 amide bonds. The van der Waals surface area contributed by atoms with Crippen LogP contribution in [0, 0.1) is 17.3 Å². The Morgan fingerprint density at radius 1 is 0.971 bits per heavy atom. The Kier molecular flexibility index (Phi) is 11.3. The van der Waals surface area contributed by atoms with Crippen LogP contribution in [-0.2, 0) is 19.8 Å². The number of Topliss-reactive ketones (excluding diaryl/α,β-unsaturated/α-hetero) is 1. The normalized spacial score (nSPS) is 15.3. The van der Waals surface area contributed by atoms with E-state index in [1.165, 1.54) is 0 Å². The standard InChI is InChI=1S/C28H45N3O4/c1-18(2)20(15-19(3)22(33)17-32)16-30-25(34)23(27(4,5)6)31-26(35)24(29-9)28(7,8)21-13-11-10-12-14-21/h10-15,18,20,23-24,29,32H,16-17H2,1-9H3,(H,30,34)(H,31,35)/b19-15+. The summed E-state index contributed by atoms with van der Waals surface area (Å²) in [6, 6.07) is 8.51. The minimum absolute atomic E-state index is 0.0900. The first-order chi connectivity index (χ1) is 16.2. The molecule has 0 aliphatic carbocycles. The van der Waals surface area contributed by atoms with Gasteiger partial charge in [-0.15, -0.1) is 0 Å². The molecule has 0 saturated carbocycles. The van der Waals surface area contributed by atoms with Crippen molar-refractivity contribution in [2.45, 2.75) is 72.9 Å². The fourth-order valence-electron chi connectivity index (χ4n) is 4.10. The topological polar surface area (TPSA) is 108 Å². The number of ketones is 1. The summed E-state index contributed by atoms with van der Waals surface area (Å²) >= 11 is 0. The van der Waals surface area contributed by atoms with Gasteiger partial charge in [-0.05, 0) is 42.4 Å². The smallest absolute Gasteiger partial charge is 0.243 e. The van der Waals surface area contributed by atoms with Gasteiger partial charge >= 0.3 is 0 Å². The quantitative estimate of drug-likeness (QED) is 0.339. The van der Waals surface area contributed by atoms with Gasteiger partial charge in [0.2, 0.25) is 11.8 Å². The van der Waals surface area contributed by atoms with E-state index >= 15 is 0 Å². The number of aliphatic hydroxyl groups excluding tert-OH is 1. The second kappa shape index (κ2) is 13.0. The van der Waals surface area contributed by atoms with E-state index in [4.69, 9.17) is 5.11 Å². The minimum atomic E-state index is -0.755. The number of carbonyl (C=O) groups is 3. The third kappa shape index (κ3) is 8.58. The van der Waals surface area contributed by atoms with Crippen LogP contribution in [0.3, 0.4) is 0 Å². The first-order valence-corrected chi connectivity index (χ1v) is 12.3. The van der Waals surface area contributed by atoms with E-state index in [9.17, 15) is 14.4 Å². The molecular weight excluding hydrogens is 442 g/mol. The monoisotopic (exact) mass is 487 g/mol. The number of hydrogen-bond donors (Lipinski definition) is 4. The average Bonchev–Trinajstić information content (AvgIpc) is 2.79. The van der Waals surface area contributed by atoms with Crippen LogP contribution in [0.1, 0.15) is 61.0 Å². The third-order valence-corrected chi connectivity index (χ3v) is 6.62. The molecule has 0 aliphatic heterocycles. The maximum absolute atomic E-state index is 13.4. The van der Waals surface area contributed by atoms with E-state index in [0.717, 1.165) is 5.56 Å². The Morgan fingerprint density at radius 3 is 2.00 bits per heavy atom. The highest BCUT2D eigenvalue weighted by atomic mass is 16.3. The zero-order valence-electron chi connectivity index (χ0n) is 22.9. The van der Waals surface area contributed by atoms with E-state index in [1.54, 1.807) is 20.0 Å². The SMILES string of the molecule is CNC(C(=O)NC(C(=O)NCC(/C=C(\C)C(=O)CO)C(C)C)C(C)(C)C)C(C)(C)c1ccccc1. The predicted molar refractivity (Wildman–Crippen MR) is 141 cm³/mol. The van der Waals surface area contributed by atoms with Crippen molar-refractivity contribution in [3.8, 4) is 0 Å². The fourth-order valence-corrected chi connectivity index (χ4v) is 4.10. The lowest BCUT2D eigenvalue weighted by Gasteiger charge is -2.37. The molecule has 3 unspecified atom stereocenters. The van der Waals surface area contributed by atoms with Gasteiger partial charge in [0.1, 0.15) is 12.6 Å². The van der Waals surface area contributed by atoms with Crippen molar-refractivity contribution in [2.24, 2.45) is 17.3 Å². The molecular formula is C28H45N3O4. The Morgan fingerprint density at radius 2 is 1.54 bits per heavy atom. The molecule has 7 heteroatoms. The van der Waals surface area contributed by atoms with E-state index in [2.05, 4.69) is 16.0 Å². The van der Waals surface area contributed by atoms with Crippen LogP contribution in [0.5, 0.6) is 0 Å². The summed E-state index contributed by atoms with van der Waals surface area (Å²) in [5.41, 5.74) is 0.455. The zero-order chi connectivity index (χ0) is 27.0. The van der Waals surface area contributed by atoms with E-state index in [0.29, 0.717) is 12.1 Å². The Hall–Kier alpha value is -2.51. The van der Waals surface area contributed by atoms with Gasteiger partial charge in [0, 0.05) is 12.0 Å². The molecule has 4 N–H and O–H groups in total. The van der Waals surface area contributed by atoms with Gasteiger partial charge in [-0.25, -0.2) is 0 Å². The first-order valence-electron chi connectivity index (χ1n) is 12.3. The number of amides is 2. The molecule has 0 spiro atoms. The molecule has 0 aromatic heterocycles. The number of likely N-dealkylation sites (N-methyl/N-ethyl adjacent to an activating group) is 1. The van der Waals surface area contributed by atoms with E-state index < -0.39 is 29.5 Å². The lowest BCUT2D eigenvalue weighted by Crippen LogP contribution is -2.60. The molecule has 1 rings (SSSR count). The number of hydrogen-bond acceptors (Lipinski definition) is 5. The maximum atomic E-state index is 13.4. The van der Waals surface area contributed by atoms with Crippen LogP contribution >= 0.6 is 0 Å². The summed E-state index contributed by atoms with van der Waals surface area (Å²) < 4.78 is 0. The second-order valence-corrected chi connectivity index (χ2v) is 11.2. The van der Waals surface area contributed by atoms with Crippen LogP contribution in [0.15, 0.2) is 42.0 Å². The molecule has 0 aliphatic rings. The molecule has 7 nitrogen and oxygen atoms in total. The molecule has 0 fully saturated rings. The fraction of sp³-hybridized carbons (Fsp3) is 0.607. The second-order valence-electron chi connectivity index (χ2n) is 11.2. The molecule has 0 saturated heterocycles. The molecule has 0 bridgehead atoms. The first kappa shape index (κ1) is 30.5. The van der Waals surface area contributed by atoms with Crippen molar-refractivity contribution in [1.29, 1.82) is 0 Å². The molecule has 35 heavy (non-hydrogen) atoms. The lowest BCUT2D eigenvalue weighted by molar-refractivity contribution is -0.133. The Balaban J connectivity index is 3.06. The largest absolute Gasteiger partial charge is 0.388 e. The highest BCUT2D eigenvalue weighted by Crippen LogP contribution is 2.28. The number of rotatable bonds is 12. The van der Waals surface area contributed by atoms with Gasteiger partial charge in [-0.2, -0.15) is 0 Å². The highest BCUT2D eigenvalue weighted by molar-refractivity contribution is 5.95. The van der Waals surface area contributed by atoms with Gasteiger partial charge in [0.15, 0.2) is 5.78 Å². The Bertz CT molecular complexity index is 885. The molecule has 3 atom stereocenters.